The largest absolute Gasteiger partial charge is 0.374 e. The Morgan fingerprint density at radius 2 is 1.87 bits per heavy atom. The van der Waals surface area contributed by atoms with E-state index < -0.39 is 0 Å². The fraction of sp³-hybridized carbons (Fsp3) is 0.750. The Morgan fingerprint density at radius 1 is 1.27 bits per heavy atom. The zero-order valence-corrected chi connectivity index (χ0v) is 10.8. The molecule has 1 unspecified atom stereocenters. The molecule has 2 heterocycles. The first-order valence-electron chi connectivity index (χ1n) is 5.90. The third kappa shape index (κ3) is 3.34. The van der Waals surface area contributed by atoms with Crippen molar-refractivity contribution in [3.63, 3.8) is 0 Å². The van der Waals surface area contributed by atoms with Crippen molar-refractivity contribution in [3.05, 3.63) is 17.0 Å². The van der Waals surface area contributed by atoms with Crippen molar-refractivity contribution in [2.45, 2.75) is 54.1 Å². The van der Waals surface area contributed by atoms with Gasteiger partial charge in [-0.15, -0.1) is 0 Å². The van der Waals surface area contributed by atoms with Crippen LogP contribution in [-0.4, -0.2) is 16.8 Å². The molecule has 0 spiro atoms. The molecule has 0 bridgehead atoms. The summed E-state index contributed by atoms with van der Waals surface area (Å²) in [5.74, 6) is 0.498. The lowest BCUT2D eigenvalue weighted by Gasteiger charge is -2.18. The van der Waals surface area contributed by atoms with E-state index in [2.05, 4.69) is 24.0 Å². The minimum absolute atomic E-state index is 0.498. The standard InChI is InChI=1S/C8H12N2O.2C2H6/c1-5-3-11-4-7-8(5)6(2)9-10-7;2*1-2/h5H,3-4H2,1-2H3,(H,9,10);2*1-2H3. The molecule has 0 amide bonds. The van der Waals surface area contributed by atoms with Gasteiger partial charge in [-0.25, -0.2) is 0 Å². The molecule has 15 heavy (non-hydrogen) atoms. The van der Waals surface area contributed by atoms with Crippen LogP contribution in [0.1, 0.15) is 57.5 Å². The van der Waals surface area contributed by atoms with Gasteiger partial charge in [-0.05, 0) is 6.92 Å². The monoisotopic (exact) mass is 212 g/mol. The molecule has 1 atom stereocenters. The first kappa shape index (κ1) is 14.2. The van der Waals surface area contributed by atoms with Gasteiger partial charge in [-0.3, -0.25) is 5.10 Å². The summed E-state index contributed by atoms with van der Waals surface area (Å²) in [6.45, 7) is 13.7. The molecule has 1 aliphatic heterocycles. The highest BCUT2D eigenvalue weighted by Crippen LogP contribution is 2.26. The Balaban J connectivity index is 0.000000442. The zero-order chi connectivity index (χ0) is 11.8. The third-order valence-electron chi connectivity index (χ3n) is 2.17. The second kappa shape index (κ2) is 7.46. The summed E-state index contributed by atoms with van der Waals surface area (Å²) < 4.78 is 5.34. The number of aryl methyl sites for hydroxylation is 1. The summed E-state index contributed by atoms with van der Waals surface area (Å²) in [5, 5.41) is 7.14. The number of aromatic nitrogens is 2. The molecular weight excluding hydrogens is 188 g/mol. The second-order valence-electron chi connectivity index (χ2n) is 3.13. The summed E-state index contributed by atoms with van der Waals surface area (Å²) >= 11 is 0. The van der Waals surface area contributed by atoms with E-state index in [1.807, 2.05) is 27.7 Å². The number of hydrogen-bond acceptors (Lipinski definition) is 2. The first-order valence-corrected chi connectivity index (χ1v) is 5.90. The van der Waals surface area contributed by atoms with Crippen LogP contribution < -0.4 is 0 Å². The number of hydrogen-bond donors (Lipinski definition) is 1. The predicted octanol–water partition coefficient (Wildman–Crippen LogP) is 3.40. The summed E-state index contributed by atoms with van der Waals surface area (Å²) in [6.07, 6.45) is 0. The van der Waals surface area contributed by atoms with Crippen LogP contribution in [-0.2, 0) is 11.3 Å². The number of rotatable bonds is 0. The van der Waals surface area contributed by atoms with Crippen molar-refractivity contribution >= 4 is 0 Å². The van der Waals surface area contributed by atoms with E-state index in [1.165, 1.54) is 11.3 Å². The van der Waals surface area contributed by atoms with E-state index in [-0.39, 0.29) is 0 Å². The van der Waals surface area contributed by atoms with Crippen LogP contribution in [0.4, 0.5) is 0 Å². The summed E-state index contributed by atoms with van der Waals surface area (Å²) in [4.78, 5) is 0. The maximum Gasteiger partial charge on any atom is 0.0917 e. The van der Waals surface area contributed by atoms with Crippen LogP contribution in [0.25, 0.3) is 0 Å². The molecule has 88 valence electrons. The van der Waals surface area contributed by atoms with Gasteiger partial charge in [0, 0.05) is 17.2 Å². The zero-order valence-electron chi connectivity index (χ0n) is 10.8. The van der Waals surface area contributed by atoms with Gasteiger partial charge in [0.1, 0.15) is 0 Å². The molecule has 1 aliphatic rings. The van der Waals surface area contributed by atoms with Crippen LogP contribution in [0.15, 0.2) is 0 Å². The van der Waals surface area contributed by atoms with E-state index in [0.717, 1.165) is 12.3 Å². The summed E-state index contributed by atoms with van der Waals surface area (Å²) in [5.41, 5.74) is 3.63. The normalized spacial score (nSPS) is 17.9. The van der Waals surface area contributed by atoms with Crippen LogP contribution in [0.3, 0.4) is 0 Å². The van der Waals surface area contributed by atoms with E-state index in [1.54, 1.807) is 0 Å². The maximum absolute atomic E-state index is 5.34. The van der Waals surface area contributed by atoms with Crippen LogP contribution in [0.5, 0.6) is 0 Å². The Morgan fingerprint density at radius 3 is 2.40 bits per heavy atom. The number of H-pyrrole nitrogens is 1. The molecule has 0 fully saturated rings. The fourth-order valence-corrected chi connectivity index (χ4v) is 1.67. The minimum atomic E-state index is 0.498. The Bertz CT molecular complexity index is 269. The lowest BCUT2D eigenvalue weighted by Crippen LogP contribution is -2.13. The molecule has 2 rings (SSSR count). The van der Waals surface area contributed by atoms with Crippen LogP contribution in [0.2, 0.25) is 0 Å². The predicted molar refractivity (Wildman–Crippen MR) is 64.1 cm³/mol. The molecule has 1 aromatic heterocycles. The molecule has 0 saturated heterocycles. The molecule has 0 aliphatic carbocycles. The molecule has 1 aromatic rings. The van der Waals surface area contributed by atoms with Gasteiger partial charge in [0.05, 0.1) is 18.9 Å². The number of nitrogens with zero attached hydrogens (tertiary/aromatic N) is 1. The average molecular weight is 212 g/mol. The number of ether oxygens (including phenoxy) is 1. The van der Waals surface area contributed by atoms with Crippen molar-refractivity contribution in [1.82, 2.24) is 10.2 Å². The van der Waals surface area contributed by atoms with Gasteiger partial charge >= 0.3 is 0 Å². The Kier molecular flexibility index (Phi) is 7.05. The van der Waals surface area contributed by atoms with Crippen molar-refractivity contribution in [1.29, 1.82) is 0 Å². The quantitative estimate of drug-likeness (QED) is 0.715. The minimum Gasteiger partial charge on any atom is -0.374 e. The van der Waals surface area contributed by atoms with E-state index >= 15 is 0 Å². The van der Waals surface area contributed by atoms with Crippen LogP contribution >= 0.6 is 0 Å². The number of aromatic amines is 1. The van der Waals surface area contributed by atoms with Gasteiger partial charge in [0.15, 0.2) is 0 Å². The average Bonchev–Trinajstić information content (AvgIpc) is 2.68. The summed E-state index contributed by atoms with van der Waals surface area (Å²) in [7, 11) is 0. The smallest absolute Gasteiger partial charge is 0.0917 e. The molecule has 1 N–H and O–H groups in total. The number of nitrogens with one attached hydrogen (secondary N) is 1. The number of fused-ring (bicyclic) bond motifs is 1. The fourth-order valence-electron chi connectivity index (χ4n) is 1.67. The van der Waals surface area contributed by atoms with E-state index in [4.69, 9.17) is 4.74 Å². The van der Waals surface area contributed by atoms with Gasteiger partial charge in [0.2, 0.25) is 0 Å². The van der Waals surface area contributed by atoms with E-state index in [0.29, 0.717) is 12.5 Å². The SMILES string of the molecule is CC.CC.Cc1[nH]nc2c1C(C)COC2. The molecule has 3 nitrogen and oxygen atoms in total. The molecule has 0 saturated carbocycles. The van der Waals surface area contributed by atoms with Crippen molar-refractivity contribution in [3.8, 4) is 0 Å². The molecule has 0 aromatic carbocycles. The van der Waals surface area contributed by atoms with Gasteiger partial charge < -0.3 is 4.74 Å². The lowest BCUT2D eigenvalue weighted by molar-refractivity contribution is 0.0926. The third-order valence-corrected chi connectivity index (χ3v) is 2.17. The molecule has 0 radical (unpaired) electrons. The lowest BCUT2D eigenvalue weighted by atomic mass is 9.98. The van der Waals surface area contributed by atoms with Crippen molar-refractivity contribution in [2.24, 2.45) is 0 Å². The Hall–Kier alpha value is -0.830. The maximum atomic E-state index is 5.34. The highest BCUT2D eigenvalue weighted by Gasteiger charge is 2.21. The second-order valence-corrected chi connectivity index (χ2v) is 3.13. The van der Waals surface area contributed by atoms with Gasteiger partial charge in [-0.1, -0.05) is 34.6 Å². The van der Waals surface area contributed by atoms with E-state index in [9.17, 15) is 0 Å². The first-order chi connectivity index (χ1) is 7.29. The van der Waals surface area contributed by atoms with Gasteiger partial charge in [-0.2, -0.15) is 5.10 Å². The highest BCUT2D eigenvalue weighted by molar-refractivity contribution is 5.29. The summed E-state index contributed by atoms with van der Waals surface area (Å²) in [6, 6.07) is 0. The van der Waals surface area contributed by atoms with Gasteiger partial charge in [0.25, 0.3) is 0 Å². The topological polar surface area (TPSA) is 37.9 Å². The van der Waals surface area contributed by atoms with Crippen molar-refractivity contribution < 1.29 is 4.74 Å². The molecular formula is C12H24N2O. The molecule has 3 heteroatoms. The highest BCUT2D eigenvalue weighted by atomic mass is 16.5. The Labute approximate surface area is 93.2 Å². The van der Waals surface area contributed by atoms with Crippen LogP contribution in [0, 0.1) is 6.92 Å². The van der Waals surface area contributed by atoms with Crippen molar-refractivity contribution in [2.75, 3.05) is 6.61 Å².